The maximum atomic E-state index is 12.4. The van der Waals surface area contributed by atoms with Crippen molar-refractivity contribution in [1.82, 2.24) is 0 Å². The lowest BCUT2D eigenvalue weighted by Crippen LogP contribution is -2.31. The van der Waals surface area contributed by atoms with Crippen LogP contribution in [-0.4, -0.2) is 45.2 Å². The number of benzene rings is 2. The summed E-state index contributed by atoms with van der Waals surface area (Å²) in [4.78, 5) is 26.9. The van der Waals surface area contributed by atoms with Gasteiger partial charge in [0.05, 0.1) is 17.1 Å². The number of anilines is 2. The van der Waals surface area contributed by atoms with Gasteiger partial charge in [-0.3, -0.25) is 9.59 Å². The molecule has 0 aliphatic carbocycles. The molecule has 0 spiro atoms. The lowest BCUT2D eigenvalue weighted by Gasteiger charge is -2.28. The van der Waals surface area contributed by atoms with E-state index in [1.165, 1.54) is 38.3 Å². The quantitative estimate of drug-likeness (QED) is 0.606. The lowest BCUT2D eigenvalue weighted by atomic mass is 10.1. The van der Waals surface area contributed by atoms with E-state index in [2.05, 4.69) is 10.2 Å². The number of piperidine rings is 1. The topological polar surface area (TPSA) is 92.8 Å². The van der Waals surface area contributed by atoms with Crippen LogP contribution < -0.4 is 10.2 Å². The van der Waals surface area contributed by atoms with Gasteiger partial charge in [0.2, 0.25) is 0 Å². The number of esters is 1. The molecule has 0 bridgehead atoms. The first-order valence-corrected chi connectivity index (χ1v) is 12.5. The fourth-order valence-corrected chi connectivity index (χ4v) is 4.76. The number of hydrogen-bond acceptors (Lipinski definition) is 6. The maximum Gasteiger partial charge on any atom is 0.307 e. The predicted molar refractivity (Wildman–Crippen MR) is 125 cm³/mol. The summed E-state index contributed by atoms with van der Waals surface area (Å²) in [6.07, 6.45) is 2.28. The number of carbonyl (C=O) groups is 2. The van der Waals surface area contributed by atoms with E-state index in [-0.39, 0.29) is 17.1 Å². The molecule has 2 aromatic rings. The molecule has 1 fully saturated rings. The molecule has 2 aromatic carbocycles. The Bertz CT molecular complexity index is 1030. The zero-order valence-electron chi connectivity index (χ0n) is 18.5. The van der Waals surface area contributed by atoms with Gasteiger partial charge in [-0.15, -0.1) is 0 Å². The zero-order chi connectivity index (χ0) is 23.1. The van der Waals surface area contributed by atoms with Gasteiger partial charge in [-0.1, -0.05) is 17.7 Å². The first-order chi connectivity index (χ1) is 15.2. The molecule has 0 radical (unpaired) electrons. The number of ether oxygens (including phenoxy) is 1. The summed E-state index contributed by atoms with van der Waals surface area (Å²) < 4.78 is 29.9. The largest absolute Gasteiger partial charge is 0.453 e. The van der Waals surface area contributed by atoms with Crippen molar-refractivity contribution in [2.75, 3.05) is 29.1 Å². The Morgan fingerprint density at radius 1 is 1.00 bits per heavy atom. The second kappa shape index (κ2) is 10.6. The third kappa shape index (κ3) is 6.56. The molecule has 1 aliphatic heterocycles. The van der Waals surface area contributed by atoms with E-state index in [9.17, 15) is 18.0 Å². The minimum Gasteiger partial charge on any atom is -0.453 e. The molecule has 0 aromatic heterocycles. The summed E-state index contributed by atoms with van der Waals surface area (Å²) in [6, 6.07) is 14.0. The van der Waals surface area contributed by atoms with Gasteiger partial charge in [-0.25, -0.2) is 8.42 Å². The highest BCUT2D eigenvalue weighted by molar-refractivity contribution is 7.91. The molecule has 1 N–H and O–H groups in total. The number of nitrogens with zero attached hydrogens (tertiary/aromatic N) is 1. The summed E-state index contributed by atoms with van der Waals surface area (Å²) in [5, 5.41) is 2.73. The molecule has 3 rings (SSSR count). The van der Waals surface area contributed by atoms with Gasteiger partial charge in [0.15, 0.2) is 15.9 Å². The molecule has 1 heterocycles. The number of hydrogen-bond donors (Lipinski definition) is 1. The zero-order valence-corrected chi connectivity index (χ0v) is 19.4. The predicted octanol–water partition coefficient (Wildman–Crippen LogP) is 3.72. The summed E-state index contributed by atoms with van der Waals surface area (Å²) in [6.45, 7) is 5.41. The normalized spacial score (nSPS) is 15.1. The standard InChI is InChI=1S/C24H30N2O5S/c1-18-6-12-22(13-7-18)32(29,30)17-14-23(27)31-19(2)24(28)25-20-8-10-21(11-9-20)26-15-4-3-5-16-26/h6-13,19H,3-5,14-17H2,1-2H3,(H,25,28)/t19-/m0/s1. The average Bonchev–Trinajstić information content (AvgIpc) is 2.79. The minimum atomic E-state index is -3.60. The molecule has 1 atom stereocenters. The third-order valence-corrected chi connectivity index (χ3v) is 7.22. The van der Waals surface area contributed by atoms with Crippen LogP contribution in [0, 0.1) is 6.92 Å². The number of sulfone groups is 1. The molecular formula is C24H30N2O5S. The van der Waals surface area contributed by atoms with E-state index < -0.39 is 27.8 Å². The molecule has 172 valence electrons. The van der Waals surface area contributed by atoms with Crippen molar-refractivity contribution in [1.29, 1.82) is 0 Å². The lowest BCUT2D eigenvalue weighted by molar-refractivity contribution is -0.152. The van der Waals surface area contributed by atoms with Gasteiger partial charge in [0, 0.05) is 24.5 Å². The van der Waals surface area contributed by atoms with Gasteiger partial charge < -0.3 is 15.0 Å². The Kier molecular flexibility index (Phi) is 7.90. The van der Waals surface area contributed by atoms with Gasteiger partial charge in [0.1, 0.15) is 0 Å². The number of carbonyl (C=O) groups excluding carboxylic acids is 2. The van der Waals surface area contributed by atoms with Crippen LogP contribution in [-0.2, 0) is 24.2 Å². The molecule has 0 saturated carbocycles. The van der Waals surface area contributed by atoms with E-state index in [0.29, 0.717) is 5.69 Å². The van der Waals surface area contributed by atoms with Gasteiger partial charge in [-0.2, -0.15) is 0 Å². The molecule has 7 nitrogen and oxygen atoms in total. The van der Waals surface area contributed by atoms with E-state index in [0.717, 1.165) is 24.3 Å². The van der Waals surface area contributed by atoms with Crippen LogP contribution in [0.5, 0.6) is 0 Å². The van der Waals surface area contributed by atoms with Crippen LogP contribution in [0.2, 0.25) is 0 Å². The van der Waals surface area contributed by atoms with E-state index in [1.807, 2.05) is 31.2 Å². The minimum absolute atomic E-state index is 0.162. The monoisotopic (exact) mass is 458 g/mol. The van der Waals surface area contributed by atoms with Crippen molar-refractivity contribution >= 4 is 33.1 Å². The molecule has 1 aliphatic rings. The summed E-state index contributed by atoms with van der Waals surface area (Å²) in [5.74, 6) is -1.57. The number of nitrogens with one attached hydrogen (secondary N) is 1. The van der Waals surface area contributed by atoms with Crippen molar-refractivity contribution in [3.8, 4) is 0 Å². The second-order valence-corrected chi connectivity index (χ2v) is 10.2. The molecule has 8 heteroatoms. The van der Waals surface area contributed by atoms with Crippen LogP contribution in [0.4, 0.5) is 11.4 Å². The highest BCUT2D eigenvalue weighted by Gasteiger charge is 2.21. The van der Waals surface area contributed by atoms with Gasteiger partial charge in [-0.05, 0) is 69.5 Å². The molecular weight excluding hydrogens is 428 g/mol. The van der Waals surface area contributed by atoms with Crippen molar-refractivity contribution in [3.63, 3.8) is 0 Å². The fraction of sp³-hybridized carbons (Fsp3) is 0.417. The Morgan fingerprint density at radius 2 is 1.62 bits per heavy atom. The average molecular weight is 459 g/mol. The molecule has 1 saturated heterocycles. The third-order valence-electron chi connectivity index (χ3n) is 5.49. The number of rotatable bonds is 8. The first-order valence-electron chi connectivity index (χ1n) is 10.9. The summed E-state index contributed by atoms with van der Waals surface area (Å²) in [7, 11) is -3.60. The van der Waals surface area contributed by atoms with Crippen LogP contribution in [0.25, 0.3) is 0 Å². The Morgan fingerprint density at radius 3 is 2.25 bits per heavy atom. The number of aryl methyl sites for hydroxylation is 1. The van der Waals surface area contributed by atoms with Crippen molar-refractivity contribution in [3.05, 3.63) is 54.1 Å². The van der Waals surface area contributed by atoms with Crippen LogP contribution in [0.3, 0.4) is 0 Å². The van der Waals surface area contributed by atoms with E-state index in [4.69, 9.17) is 4.74 Å². The highest BCUT2D eigenvalue weighted by Crippen LogP contribution is 2.22. The Hall–Kier alpha value is -2.87. The molecule has 32 heavy (non-hydrogen) atoms. The van der Waals surface area contributed by atoms with E-state index >= 15 is 0 Å². The van der Waals surface area contributed by atoms with E-state index in [1.54, 1.807) is 12.1 Å². The smallest absolute Gasteiger partial charge is 0.307 e. The van der Waals surface area contributed by atoms with Crippen molar-refractivity contribution < 1.29 is 22.7 Å². The van der Waals surface area contributed by atoms with Crippen LogP contribution in [0.15, 0.2) is 53.4 Å². The van der Waals surface area contributed by atoms with Crippen molar-refractivity contribution in [2.24, 2.45) is 0 Å². The van der Waals surface area contributed by atoms with Crippen molar-refractivity contribution in [2.45, 2.75) is 50.5 Å². The maximum absolute atomic E-state index is 12.4. The summed E-state index contributed by atoms with van der Waals surface area (Å²) >= 11 is 0. The highest BCUT2D eigenvalue weighted by atomic mass is 32.2. The van der Waals surface area contributed by atoms with Gasteiger partial charge in [0.25, 0.3) is 5.91 Å². The Balaban J connectivity index is 1.47. The summed E-state index contributed by atoms with van der Waals surface area (Å²) in [5.41, 5.74) is 2.68. The SMILES string of the molecule is Cc1ccc(S(=O)(=O)CCC(=O)O[C@@H](C)C(=O)Nc2ccc(N3CCCCC3)cc2)cc1. The molecule has 1 amide bonds. The van der Waals surface area contributed by atoms with Crippen LogP contribution in [0.1, 0.15) is 38.2 Å². The molecule has 0 unspecified atom stereocenters. The number of amides is 1. The van der Waals surface area contributed by atoms with Gasteiger partial charge >= 0.3 is 5.97 Å². The fourth-order valence-electron chi connectivity index (χ4n) is 3.54. The first kappa shape index (κ1) is 23.8. The second-order valence-electron chi connectivity index (χ2n) is 8.10. The van der Waals surface area contributed by atoms with Crippen LogP contribution >= 0.6 is 0 Å². The Labute approximate surface area is 189 Å².